The predicted octanol–water partition coefficient (Wildman–Crippen LogP) is 1.95. The summed E-state index contributed by atoms with van der Waals surface area (Å²) in [6.45, 7) is 8.65. The quantitative estimate of drug-likeness (QED) is 0.636. The molecule has 0 aromatic carbocycles. The van der Waals surface area contributed by atoms with Crippen molar-refractivity contribution in [3.8, 4) is 0 Å². The normalized spacial score (nSPS) is 13.4. The van der Waals surface area contributed by atoms with Crippen LogP contribution in [-0.2, 0) is 4.74 Å². The van der Waals surface area contributed by atoms with Gasteiger partial charge in [0.2, 0.25) is 0 Å². The van der Waals surface area contributed by atoms with E-state index in [4.69, 9.17) is 9.84 Å². The molecule has 0 radical (unpaired) electrons. The van der Waals surface area contributed by atoms with Crippen LogP contribution in [-0.4, -0.2) is 18.3 Å². The van der Waals surface area contributed by atoms with E-state index < -0.39 is 0 Å². The molecule has 0 fully saturated rings. The van der Waals surface area contributed by atoms with Crippen molar-refractivity contribution in [3.63, 3.8) is 0 Å². The summed E-state index contributed by atoms with van der Waals surface area (Å²) in [6, 6.07) is 0. The number of hydrogen-bond acceptors (Lipinski definition) is 2. The Bertz CT molecular complexity index is 131. The van der Waals surface area contributed by atoms with Crippen LogP contribution in [0.4, 0.5) is 0 Å². The minimum atomic E-state index is 0.0456. The van der Waals surface area contributed by atoms with Crippen LogP contribution in [0.2, 0.25) is 0 Å². The third-order valence-corrected chi connectivity index (χ3v) is 1.35. The average molecular weight is 158 g/mol. The number of aliphatic hydroxyl groups excluding tert-OH is 1. The van der Waals surface area contributed by atoms with Crippen LogP contribution >= 0.6 is 0 Å². The summed E-state index contributed by atoms with van der Waals surface area (Å²) in [4.78, 5) is 0. The number of allylic oxidation sites excluding steroid dienone is 2. The van der Waals surface area contributed by atoms with Crippen molar-refractivity contribution in [1.29, 1.82) is 0 Å². The first-order chi connectivity index (χ1) is 5.02. The van der Waals surface area contributed by atoms with Crippen LogP contribution in [0.15, 0.2) is 11.8 Å². The molecule has 0 aliphatic carbocycles. The molecule has 0 aliphatic heterocycles. The molecule has 66 valence electrons. The van der Waals surface area contributed by atoms with Gasteiger partial charge in [0.05, 0.1) is 12.4 Å². The number of aliphatic hydroxyl groups is 1. The van der Waals surface area contributed by atoms with E-state index in [0.29, 0.717) is 6.61 Å². The molecule has 0 aromatic heterocycles. The van der Waals surface area contributed by atoms with Crippen LogP contribution in [0.1, 0.15) is 27.7 Å². The summed E-state index contributed by atoms with van der Waals surface area (Å²) in [7, 11) is 0. The zero-order valence-corrected chi connectivity index (χ0v) is 7.85. The summed E-state index contributed by atoms with van der Waals surface area (Å²) in [5.74, 6) is 0.937. The monoisotopic (exact) mass is 158 g/mol. The molecule has 0 bridgehead atoms. The van der Waals surface area contributed by atoms with Gasteiger partial charge in [0.25, 0.3) is 0 Å². The fraction of sp³-hybridized carbons (Fsp3) is 0.778. The Hall–Kier alpha value is -0.500. The number of ether oxygens (including phenoxy) is 1. The Morgan fingerprint density at radius 2 is 2.00 bits per heavy atom. The molecule has 2 nitrogen and oxygen atoms in total. The highest BCUT2D eigenvalue weighted by Gasteiger charge is 2.17. The molecular formula is C9H18O2. The highest BCUT2D eigenvalue weighted by molar-refractivity contribution is 5.01. The lowest BCUT2D eigenvalue weighted by atomic mass is 9.94. The smallest absolute Gasteiger partial charge is 0.111 e. The molecule has 0 atom stereocenters. The van der Waals surface area contributed by atoms with Crippen molar-refractivity contribution in [2.45, 2.75) is 27.7 Å². The van der Waals surface area contributed by atoms with E-state index in [1.165, 1.54) is 0 Å². The maximum Gasteiger partial charge on any atom is 0.111 e. The van der Waals surface area contributed by atoms with Crippen molar-refractivity contribution in [1.82, 2.24) is 0 Å². The minimum Gasteiger partial charge on any atom is -0.495 e. The Balaban J connectivity index is 3.99. The molecule has 0 aromatic rings. The van der Waals surface area contributed by atoms with Gasteiger partial charge in [-0.2, -0.15) is 0 Å². The van der Waals surface area contributed by atoms with Gasteiger partial charge in [0, 0.05) is 5.41 Å². The van der Waals surface area contributed by atoms with Crippen LogP contribution in [0.25, 0.3) is 0 Å². The fourth-order valence-electron chi connectivity index (χ4n) is 0.888. The topological polar surface area (TPSA) is 29.5 Å². The van der Waals surface area contributed by atoms with Gasteiger partial charge < -0.3 is 9.84 Å². The molecule has 1 N–H and O–H groups in total. The van der Waals surface area contributed by atoms with Gasteiger partial charge in [-0.15, -0.1) is 0 Å². The molecular weight excluding hydrogens is 140 g/mol. The fourth-order valence-corrected chi connectivity index (χ4v) is 0.888. The maximum absolute atomic E-state index is 8.52. The first-order valence-corrected chi connectivity index (χ1v) is 3.93. The predicted molar refractivity (Wildman–Crippen MR) is 46.2 cm³/mol. The van der Waals surface area contributed by atoms with Gasteiger partial charge in [-0.1, -0.05) is 20.8 Å². The van der Waals surface area contributed by atoms with E-state index in [9.17, 15) is 0 Å². The molecule has 0 heterocycles. The summed E-state index contributed by atoms with van der Waals surface area (Å²) in [5.41, 5.74) is 0.0456. The van der Waals surface area contributed by atoms with Crippen molar-refractivity contribution >= 4 is 0 Å². The number of rotatable bonds is 3. The lowest BCUT2D eigenvalue weighted by Gasteiger charge is -2.22. The van der Waals surface area contributed by atoms with Crippen molar-refractivity contribution in [3.05, 3.63) is 11.8 Å². The molecule has 0 rings (SSSR count). The third-order valence-electron chi connectivity index (χ3n) is 1.35. The molecule has 0 spiro atoms. The first-order valence-electron chi connectivity index (χ1n) is 3.93. The van der Waals surface area contributed by atoms with Crippen LogP contribution in [0.5, 0.6) is 0 Å². The highest BCUT2D eigenvalue weighted by atomic mass is 16.5. The Morgan fingerprint density at radius 3 is 2.27 bits per heavy atom. The molecule has 0 aliphatic rings. The summed E-state index contributed by atoms with van der Waals surface area (Å²) in [6.07, 6.45) is 1.94. The third kappa shape index (κ3) is 4.04. The second-order valence-electron chi connectivity index (χ2n) is 3.47. The van der Waals surface area contributed by atoms with Crippen LogP contribution in [0.3, 0.4) is 0 Å². The molecule has 11 heavy (non-hydrogen) atoms. The van der Waals surface area contributed by atoms with Gasteiger partial charge >= 0.3 is 0 Å². The van der Waals surface area contributed by atoms with Crippen molar-refractivity contribution in [2.75, 3.05) is 13.2 Å². The lowest BCUT2D eigenvalue weighted by Crippen LogP contribution is -2.14. The standard InChI is InChI=1S/C9H18O2/c1-5-8(9(2,3)4)11-7-6-10/h5,10H,6-7H2,1-4H3. The Kier molecular flexibility index (Phi) is 4.19. The summed E-state index contributed by atoms with van der Waals surface area (Å²) < 4.78 is 5.32. The molecule has 0 saturated carbocycles. The lowest BCUT2D eigenvalue weighted by molar-refractivity contribution is 0.109. The molecule has 0 saturated heterocycles. The summed E-state index contributed by atoms with van der Waals surface area (Å²) >= 11 is 0. The van der Waals surface area contributed by atoms with E-state index in [1.54, 1.807) is 0 Å². The highest BCUT2D eigenvalue weighted by Crippen LogP contribution is 2.25. The van der Waals surface area contributed by atoms with E-state index in [0.717, 1.165) is 5.76 Å². The van der Waals surface area contributed by atoms with Gasteiger partial charge in [-0.25, -0.2) is 0 Å². The summed E-state index contributed by atoms with van der Waals surface area (Å²) in [5, 5.41) is 8.52. The average Bonchev–Trinajstić information content (AvgIpc) is 1.87. The zero-order valence-electron chi connectivity index (χ0n) is 7.85. The molecule has 0 amide bonds. The number of hydrogen-bond donors (Lipinski definition) is 1. The molecule has 2 heteroatoms. The van der Waals surface area contributed by atoms with E-state index in [-0.39, 0.29) is 12.0 Å². The van der Waals surface area contributed by atoms with Crippen molar-refractivity contribution in [2.24, 2.45) is 5.41 Å². The van der Waals surface area contributed by atoms with Gasteiger partial charge in [-0.3, -0.25) is 0 Å². The van der Waals surface area contributed by atoms with Gasteiger partial charge in [0.15, 0.2) is 0 Å². The zero-order chi connectivity index (χ0) is 8.91. The van der Waals surface area contributed by atoms with E-state index in [1.807, 2.05) is 13.0 Å². The Labute approximate surface area is 68.9 Å². The van der Waals surface area contributed by atoms with Gasteiger partial charge in [-0.05, 0) is 13.0 Å². The van der Waals surface area contributed by atoms with Crippen LogP contribution < -0.4 is 0 Å². The first kappa shape index (κ1) is 10.5. The van der Waals surface area contributed by atoms with Gasteiger partial charge in [0.1, 0.15) is 6.61 Å². The van der Waals surface area contributed by atoms with E-state index >= 15 is 0 Å². The van der Waals surface area contributed by atoms with Crippen LogP contribution in [0, 0.1) is 5.41 Å². The van der Waals surface area contributed by atoms with Crippen molar-refractivity contribution < 1.29 is 9.84 Å². The minimum absolute atomic E-state index is 0.0456. The maximum atomic E-state index is 8.52. The second kappa shape index (κ2) is 4.39. The largest absolute Gasteiger partial charge is 0.495 e. The van der Waals surface area contributed by atoms with E-state index in [2.05, 4.69) is 20.8 Å². The molecule has 0 unspecified atom stereocenters. The Morgan fingerprint density at radius 1 is 1.45 bits per heavy atom. The second-order valence-corrected chi connectivity index (χ2v) is 3.47. The SMILES string of the molecule is CC=C(OCCO)C(C)(C)C.